The number of nitrogens with one attached hydrogen (secondary N) is 2. The highest BCUT2D eigenvalue weighted by molar-refractivity contribution is 5.85. The van der Waals surface area contributed by atoms with Crippen LogP contribution in [0.25, 0.3) is 0 Å². The van der Waals surface area contributed by atoms with Crippen LogP contribution < -0.4 is 15.4 Å². The van der Waals surface area contributed by atoms with Gasteiger partial charge >= 0.3 is 0 Å². The maximum Gasteiger partial charge on any atom is 0.148 e. The minimum absolute atomic E-state index is 0. The molecule has 4 nitrogen and oxygen atoms in total. The number of hydrogen-bond acceptors (Lipinski definition) is 4. The maximum absolute atomic E-state index is 8.60. The zero-order chi connectivity index (χ0) is 13.1. The number of para-hydroxylation sites is 1. The van der Waals surface area contributed by atoms with Gasteiger partial charge in [0.05, 0.1) is 6.61 Å². The Morgan fingerprint density at radius 3 is 2.50 bits per heavy atom. The summed E-state index contributed by atoms with van der Waals surface area (Å²) in [5.41, 5.74) is 1.09. The summed E-state index contributed by atoms with van der Waals surface area (Å²) in [6.45, 7) is 3.49. The molecule has 0 heterocycles. The van der Waals surface area contributed by atoms with Gasteiger partial charge in [0.2, 0.25) is 0 Å². The van der Waals surface area contributed by atoms with Gasteiger partial charge in [-0.3, -0.25) is 0 Å². The summed E-state index contributed by atoms with van der Waals surface area (Å²) in [5.74, 6) is 3.28. The van der Waals surface area contributed by atoms with Crippen molar-refractivity contribution >= 4 is 24.8 Å². The zero-order valence-electron chi connectivity index (χ0n) is 11.3. The minimum Gasteiger partial charge on any atom is -0.481 e. The molecule has 1 aromatic rings. The Labute approximate surface area is 133 Å². The Bertz CT molecular complexity index is 384. The molecule has 1 rings (SSSR count). The summed E-state index contributed by atoms with van der Waals surface area (Å²) < 4.78 is 5.46. The number of hydrogen-bond donors (Lipinski definition) is 3. The van der Waals surface area contributed by atoms with E-state index in [1.54, 1.807) is 0 Å². The predicted molar refractivity (Wildman–Crippen MR) is 86.9 cm³/mol. The standard InChI is InChI=1S/C14H20N2O2.2ClH/c1-2-11-18-14-6-4-3-5-13(14)12-16-8-7-15-9-10-17;;/h1,3-6,15-17H,7-12H2;2*1H. The molecular formula is C14H22Cl2N2O2. The molecule has 6 heteroatoms. The average Bonchev–Trinajstić information content (AvgIpc) is 2.41. The van der Waals surface area contributed by atoms with Crippen LogP contribution in [0.5, 0.6) is 5.75 Å². The third-order valence-corrected chi connectivity index (χ3v) is 2.37. The van der Waals surface area contributed by atoms with Crippen molar-refractivity contribution in [2.24, 2.45) is 0 Å². The molecule has 0 atom stereocenters. The first kappa shape index (κ1) is 21.3. The lowest BCUT2D eigenvalue weighted by molar-refractivity contribution is 0.292. The Balaban J connectivity index is 0. The molecule has 0 aliphatic carbocycles. The molecule has 0 unspecified atom stereocenters. The molecule has 0 saturated heterocycles. The lowest BCUT2D eigenvalue weighted by Gasteiger charge is -2.10. The van der Waals surface area contributed by atoms with E-state index in [-0.39, 0.29) is 38.0 Å². The molecule has 0 aliphatic heterocycles. The van der Waals surface area contributed by atoms with Gasteiger partial charge in [-0.15, -0.1) is 31.2 Å². The molecular weight excluding hydrogens is 299 g/mol. The molecule has 3 N–H and O–H groups in total. The maximum atomic E-state index is 8.60. The van der Waals surface area contributed by atoms with E-state index in [9.17, 15) is 0 Å². The summed E-state index contributed by atoms with van der Waals surface area (Å²) >= 11 is 0. The number of halogens is 2. The van der Waals surface area contributed by atoms with E-state index in [1.165, 1.54) is 0 Å². The Hall–Kier alpha value is -0.960. The van der Waals surface area contributed by atoms with Crippen molar-refractivity contribution in [1.29, 1.82) is 0 Å². The first-order valence-corrected chi connectivity index (χ1v) is 6.05. The van der Waals surface area contributed by atoms with Crippen molar-refractivity contribution in [1.82, 2.24) is 10.6 Å². The smallest absolute Gasteiger partial charge is 0.148 e. The molecule has 0 aliphatic rings. The van der Waals surface area contributed by atoms with Crippen LogP contribution in [-0.2, 0) is 6.54 Å². The third-order valence-electron chi connectivity index (χ3n) is 2.37. The van der Waals surface area contributed by atoms with Gasteiger partial charge < -0.3 is 20.5 Å². The van der Waals surface area contributed by atoms with Crippen LogP contribution in [0.3, 0.4) is 0 Å². The highest BCUT2D eigenvalue weighted by Gasteiger charge is 2.01. The van der Waals surface area contributed by atoms with Gasteiger partial charge in [0, 0.05) is 31.7 Å². The first-order valence-electron chi connectivity index (χ1n) is 6.05. The van der Waals surface area contributed by atoms with Gasteiger partial charge in [0.15, 0.2) is 0 Å². The third kappa shape index (κ3) is 9.03. The summed E-state index contributed by atoms with van der Waals surface area (Å²) in [5, 5.41) is 15.0. The van der Waals surface area contributed by atoms with E-state index in [2.05, 4.69) is 16.6 Å². The quantitative estimate of drug-likeness (QED) is 0.473. The number of terminal acetylenes is 1. The second kappa shape index (κ2) is 14.4. The van der Waals surface area contributed by atoms with Gasteiger partial charge in [-0.1, -0.05) is 24.1 Å². The van der Waals surface area contributed by atoms with Crippen LogP contribution in [0.1, 0.15) is 5.56 Å². The second-order valence-electron chi connectivity index (χ2n) is 3.75. The fourth-order valence-corrected chi connectivity index (χ4v) is 1.51. The number of rotatable bonds is 9. The monoisotopic (exact) mass is 320 g/mol. The first-order chi connectivity index (χ1) is 8.88. The lowest BCUT2D eigenvalue weighted by Crippen LogP contribution is -2.28. The fraction of sp³-hybridized carbons (Fsp3) is 0.429. The number of aliphatic hydroxyl groups excluding tert-OH is 1. The van der Waals surface area contributed by atoms with Gasteiger partial charge in [-0.05, 0) is 6.07 Å². The van der Waals surface area contributed by atoms with Crippen molar-refractivity contribution in [2.45, 2.75) is 6.54 Å². The van der Waals surface area contributed by atoms with Crippen LogP contribution in [-0.4, -0.2) is 38.0 Å². The molecule has 0 radical (unpaired) electrons. The SMILES string of the molecule is C#CCOc1ccccc1CNCCNCCO.Cl.Cl. The summed E-state index contributed by atoms with van der Waals surface area (Å²) in [6.07, 6.45) is 5.18. The number of ether oxygens (including phenoxy) is 1. The van der Waals surface area contributed by atoms with E-state index in [0.29, 0.717) is 6.54 Å². The Morgan fingerprint density at radius 2 is 1.80 bits per heavy atom. The molecule has 0 fully saturated rings. The predicted octanol–water partition coefficient (Wildman–Crippen LogP) is 1.21. The van der Waals surface area contributed by atoms with Gasteiger partial charge in [0.25, 0.3) is 0 Å². The molecule has 0 amide bonds. The molecule has 114 valence electrons. The van der Waals surface area contributed by atoms with E-state index >= 15 is 0 Å². The average molecular weight is 321 g/mol. The van der Waals surface area contributed by atoms with Gasteiger partial charge in [0.1, 0.15) is 12.4 Å². The highest BCUT2D eigenvalue weighted by Crippen LogP contribution is 2.17. The molecule has 0 saturated carbocycles. The summed E-state index contributed by atoms with van der Waals surface area (Å²) in [6, 6.07) is 7.83. The van der Waals surface area contributed by atoms with Crippen LogP contribution in [0.2, 0.25) is 0 Å². The normalized spacial score (nSPS) is 9.00. The lowest BCUT2D eigenvalue weighted by atomic mass is 10.2. The van der Waals surface area contributed by atoms with Crippen molar-refractivity contribution in [3.05, 3.63) is 29.8 Å². The summed E-state index contributed by atoms with van der Waals surface area (Å²) in [4.78, 5) is 0. The van der Waals surface area contributed by atoms with Crippen LogP contribution in [0, 0.1) is 12.3 Å². The topological polar surface area (TPSA) is 53.5 Å². The van der Waals surface area contributed by atoms with E-state index in [4.69, 9.17) is 16.3 Å². The van der Waals surface area contributed by atoms with Crippen LogP contribution in [0.15, 0.2) is 24.3 Å². The Kier molecular flexibility index (Phi) is 15.4. The minimum atomic E-state index is 0. The van der Waals surface area contributed by atoms with E-state index in [0.717, 1.165) is 30.9 Å². The molecule has 0 aromatic heterocycles. The van der Waals surface area contributed by atoms with E-state index in [1.807, 2.05) is 24.3 Å². The molecule has 0 bridgehead atoms. The fourth-order valence-electron chi connectivity index (χ4n) is 1.51. The number of benzene rings is 1. The van der Waals surface area contributed by atoms with E-state index < -0.39 is 0 Å². The van der Waals surface area contributed by atoms with Gasteiger partial charge in [-0.25, -0.2) is 0 Å². The van der Waals surface area contributed by atoms with Gasteiger partial charge in [-0.2, -0.15) is 0 Å². The van der Waals surface area contributed by atoms with Crippen molar-refractivity contribution in [3.63, 3.8) is 0 Å². The van der Waals surface area contributed by atoms with Crippen molar-refractivity contribution in [2.75, 3.05) is 32.8 Å². The Morgan fingerprint density at radius 1 is 1.10 bits per heavy atom. The summed E-state index contributed by atoms with van der Waals surface area (Å²) in [7, 11) is 0. The molecule has 0 spiro atoms. The van der Waals surface area contributed by atoms with Crippen molar-refractivity contribution in [3.8, 4) is 18.1 Å². The largest absolute Gasteiger partial charge is 0.481 e. The van der Waals surface area contributed by atoms with Crippen LogP contribution >= 0.6 is 24.8 Å². The second-order valence-corrected chi connectivity index (χ2v) is 3.75. The van der Waals surface area contributed by atoms with Crippen LogP contribution in [0.4, 0.5) is 0 Å². The zero-order valence-corrected chi connectivity index (χ0v) is 12.9. The van der Waals surface area contributed by atoms with Crippen molar-refractivity contribution < 1.29 is 9.84 Å². The highest BCUT2D eigenvalue weighted by atomic mass is 35.5. The number of aliphatic hydroxyl groups is 1. The molecule has 20 heavy (non-hydrogen) atoms. The molecule has 1 aromatic carbocycles.